The molecule has 3 heteroatoms. The monoisotopic (exact) mass is 247 g/mol. The van der Waals surface area contributed by atoms with E-state index in [1.807, 2.05) is 0 Å². The maximum atomic E-state index is 6.34. The van der Waals surface area contributed by atoms with Crippen LogP contribution in [0.5, 0.6) is 0 Å². The highest BCUT2D eigenvalue weighted by atomic mass is 15.2. The molecule has 0 saturated carbocycles. The third-order valence-corrected chi connectivity index (χ3v) is 4.64. The molecular weight excluding hydrogens is 222 g/mol. The molecule has 2 unspecified atom stereocenters. The number of nitrogens with two attached hydrogens (primary N) is 1. The fourth-order valence-corrected chi connectivity index (χ4v) is 3.74. The normalized spacial score (nSPS) is 31.6. The van der Waals surface area contributed by atoms with Crippen LogP contribution in [0.1, 0.15) is 50.0 Å². The molecule has 2 N–H and O–H groups in total. The minimum Gasteiger partial charge on any atom is -0.347 e. The van der Waals surface area contributed by atoms with E-state index in [9.17, 15) is 0 Å². The van der Waals surface area contributed by atoms with Gasteiger partial charge in [0.05, 0.1) is 0 Å². The van der Waals surface area contributed by atoms with Gasteiger partial charge in [0.1, 0.15) is 0 Å². The quantitative estimate of drug-likeness (QED) is 0.826. The summed E-state index contributed by atoms with van der Waals surface area (Å²) in [7, 11) is 2.21. The van der Waals surface area contributed by atoms with Crippen molar-refractivity contribution in [2.45, 2.75) is 45.2 Å². The van der Waals surface area contributed by atoms with Crippen molar-refractivity contribution in [2.75, 3.05) is 20.1 Å². The van der Waals surface area contributed by atoms with Gasteiger partial charge >= 0.3 is 0 Å². The first-order valence-corrected chi connectivity index (χ1v) is 7.10. The maximum Gasteiger partial charge on any atom is 0.0472 e. The Balaban J connectivity index is 1.94. The molecule has 1 fully saturated rings. The molecule has 2 atom stereocenters. The standard InChI is InChI=1S/C15H25N3/c1-15(2)8-13(16)12-5-7-18(14(12)9-15)11-4-6-17(3)10-11/h5,7,11,13H,4,6,8-10,16H2,1-3H3. The lowest BCUT2D eigenvalue weighted by Crippen LogP contribution is -2.31. The molecule has 1 aliphatic carbocycles. The summed E-state index contributed by atoms with van der Waals surface area (Å²) in [4.78, 5) is 2.42. The van der Waals surface area contributed by atoms with E-state index in [0.717, 1.165) is 6.42 Å². The third kappa shape index (κ3) is 1.99. The van der Waals surface area contributed by atoms with Gasteiger partial charge in [0, 0.05) is 30.5 Å². The van der Waals surface area contributed by atoms with Gasteiger partial charge in [-0.15, -0.1) is 0 Å². The molecule has 18 heavy (non-hydrogen) atoms. The number of aromatic nitrogens is 1. The molecule has 2 aliphatic rings. The topological polar surface area (TPSA) is 34.2 Å². The van der Waals surface area contributed by atoms with Gasteiger partial charge in [0.25, 0.3) is 0 Å². The highest BCUT2D eigenvalue weighted by Crippen LogP contribution is 2.41. The first kappa shape index (κ1) is 12.2. The highest BCUT2D eigenvalue weighted by molar-refractivity contribution is 5.31. The molecule has 3 nitrogen and oxygen atoms in total. The molecule has 3 rings (SSSR count). The van der Waals surface area contributed by atoms with Gasteiger partial charge in [-0.3, -0.25) is 0 Å². The summed E-state index contributed by atoms with van der Waals surface area (Å²) in [5.74, 6) is 0. The van der Waals surface area contributed by atoms with Crippen molar-refractivity contribution in [3.63, 3.8) is 0 Å². The number of fused-ring (bicyclic) bond motifs is 1. The fourth-order valence-electron chi connectivity index (χ4n) is 3.74. The molecule has 1 aromatic heterocycles. The Bertz CT molecular complexity index is 447. The van der Waals surface area contributed by atoms with E-state index in [4.69, 9.17) is 5.73 Å². The Morgan fingerprint density at radius 2 is 2.17 bits per heavy atom. The summed E-state index contributed by atoms with van der Waals surface area (Å²) >= 11 is 0. The molecule has 0 amide bonds. The average molecular weight is 247 g/mol. The fraction of sp³-hybridized carbons (Fsp3) is 0.733. The smallest absolute Gasteiger partial charge is 0.0472 e. The van der Waals surface area contributed by atoms with Gasteiger partial charge in [-0.1, -0.05) is 13.8 Å². The molecule has 0 radical (unpaired) electrons. The van der Waals surface area contributed by atoms with Crippen molar-refractivity contribution < 1.29 is 0 Å². The van der Waals surface area contributed by atoms with Crippen molar-refractivity contribution in [1.29, 1.82) is 0 Å². The van der Waals surface area contributed by atoms with Gasteiger partial charge in [0.2, 0.25) is 0 Å². The largest absolute Gasteiger partial charge is 0.347 e. The summed E-state index contributed by atoms with van der Waals surface area (Å²) in [6, 6.07) is 3.14. The second kappa shape index (κ2) is 4.10. The zero-order valence-corrected chi connectivity index (χ0v) is 11.8. The van der Waals surface area contributed by atoms with Crippen molar-refractivity contribution in [3.8, 4) is 0 Å². The predicted molar refractivity (Wildman–Crippen MR) is 74.6 cm³/mol. The minimum atomic E-state index is 0.226. The van der Waals surface area contributed by atoms with E-state index >= 15 is 0 Å². The van der Waals surface area contributed by atoms with Crippen molar-refractivity contribution in [2.24, 2.45) is 11.1 Å². The van der Waals surface area contributed by atoms with Crippen LogP contribution in [0.3, 0.4) is 0 Å². The molecule has 0 bridgehead atoms. The maximum absolute atomic E-state index is 6.34. The van der Waals surface area contributed by atoms with Crippen LogP contribution in [0.15, 0.2) is 12.3 Å². The van der Waals surface area contributed by atoms with E-state index in [2.05, 4.69) is 42.6 Å². The first-order valence-electron chi connectivity index (χ1n) is 7.10. The minimum absolute atomic E-state index is 0.226. The zero-order chi connectivity index (χ0) is 12.9. The molecular formula is C15H25N3. The molecule has 1 saturated heterocycles. The van der Waals surface area contributed by atoms with E-state index in [1.165, 1.54) is 37.2 Å². The van der Waals surface area contributed by atoms with Crippen LogP contribution < -0.4 is 5.73 Å². The second-order valence-corrected chi connectivity index (χ2v) is 6.98. The number of rotatable bonds is 1. The first-order chi connectivity index (χ1) is 8.46. The summed E-state index contributed by atoms with van der Waals surface area (Å²) in [5.41, 5.74) is 9.57. The Labute approximate surface area is 110 Å². The van der Waals surface area contributed by atoms with E-state index in [-0.39, 0.29) is 6.04 Å². The van der Waals surface area contributed by atoms with Crippen LogP contribution >= 0.6 is 0 Å². The van der Waals surface area contributed by atoms with Gasteiger partial charge in [-0.2, -0.15) is 0 Å². The van der Waals surface area contributed by atoms with E-state index in [1.54, 1.807) is 0 Å². The predicted octanol–water partition coefficient (Wildman–Crippen LogP) is 2.34. The van der Waals surface area contributed by atoms with Crippen LogP contribution in [0.2, 0.25) is 0 Å². The van der Waals surface area contributed by atoms with Crippen LogP contribution in [0.4, 0.5) is 0 Å². The van der Waals surface area contributed by atoms with E-state index in [0.29, 0.717) is 11.5 Å². The number of hydrogen-bond acceptors (Lipinski definition) is 2. The summed E-state index contributed by atoms with van der Waals surface area (Å²) < 4.78 is 2.51. The van der Waals surface area contributed by atoms with Gasteiger partial charge < -0.3 is 15.2 Å². The lowest BCUT2D eigenvalue weighted by molar-refractivity contribution is 0.271. The number of likely N-dealkylation sites (tertiary alicyclic amines) is 1. The van der Waals surface area contributed by atoms with Gasteiger partial charge in [-0.25, -0.2) is 0 Å². The zero-order valence-electron chi connectivity index (χ0n) is 11.8. The number of likely N-dealkylation sites (N-methyl/N-ethyl adjacent to an activating group) is 1. The van der Waals surface area contributed by atoms with Crippen molar-refractivity contribution >= 4 is 0 Å². The number of nitrogens with zero attached hydrogens (tertiary/aromatic N) is 2. The second-order valence-electron chi connectivity index (χ2n) is 6.98. The van der Waals surface area contributed by atoms with Crippen molar-refractivity contribution in [1.82, 2.24) is 9.47 Å². The Morgan fingerprint density at radius 1 is 1.39 bits per heavy atom. The summed E-state index contributed by atoms with van der Waals surface area (Å²) in [6.45, 7) is 7.08. The van der Waals surface area contributed by atoms with E-state index < -0.39 is 0 Å². The summed E-state index contributed by atoms with van der Waals surface area (Å²) in [6.07, 6.45) is 5.82. The van der Waals surface area contributed by atoms with Crippen LogP contribution in [-0.2, 0) is 6.42 Å². The SMILES string of the molecule is CN1CCC(n2ccc3c2CC(C)(C)CC3N)C1. The average Bonchev–Trinajstić information content (AvgIpc) is 2.82. The van der Waals surface area contributed by atoms with Gasteiger partial charge in [-0.05, 0) is 49.9 Å². The van der Waals surface area contributed by atoms with Crippen LogP contribution in [0, 0.1) is 5.41 Å². The lowest BCUT2D eigenvalue weighted by atomic mass is 9.74. The molecule has 1 aliphatic heterocycles. The third-order valence-electron chi connectivity index (χ3n) is 4.64. The van der Waals surface area contributed by atoms with Gasteiger partial charge in [0.15, 0.2) is 0 Å². The molecule has 2 heterocycles. The highest BCUT2D eigenvalue weighted by Gasteiger charge is 2.34. The Kier molecular flexibility index (Phi) is 2.79. The number of hydrogen-bond donors (Lipinski definition) is 1. The lowest BCUT2D eigenvalue weighted by Gasteiger charge is -2.35. The Hall–Kier alpha value is -0.800. The molecule has 0 aromatic carbocycles. The Morgan fingerprint density at radius 3 is 2.83 bits per heavy atom. The summed E-state index contributed by atoms with van der Waals surface area (Å²) in [5, 5.41) is 0. The van der Waals surface area contributed by atoms with Crippen molar-refractivity contribution in [3.05, 3.63) is 23.5 Å². The molecule has 1 aromatic rings. The molecule has 100 valence electrons. The van der Waals surface area contributed by atoms with Crippen LogP contribution in [-0.4, -0.2) is 29.6 Å². The van der Waals surface area contributed by atoms with Crippen LogP contribution in [0.25, 0.3) is 0 Å². The molecule has 0 spiro atoms.